The summed E-state index contributed by atoms with van der Waals surface area (Å²) in [5.74, 6) is 0.290. The predicted octanol–water partition coefficient (Wildman–Crippen LogP) is 0.291. The van der Waals surface area contributed by atoms with Gasteiger partial charge in [0, 0.05) is 26.2 Å². The molecule has 2 heterocycles. The van der Waals surface area contributed by atoms with E-state index in [1.54, 1.807) is 0 Å². The first-order valence-electron chi connectivity index (χ1n) is 6.37. The minimum absolute atomic E-state index is 0.119. The maximum absolute atomic E-state index is 11.9. The molecule has 2 unspecified atom stereocenters. The van der Waals surface area contributed by atoms with Crippen LogP contribution in [0.5, 0.6) is 0 Å². The van der Waals surface area contributed by atoms with E-state index in [1.807, 2.05) is 11.9 Å². The van der Waals surface area contributed by atoms with Crippen LogP contribution in [-0.2, 0) is 4.79 Å². The SMILES string of the molecule is CN1CCC(N(C)CC2CCCCN2)C1=O. The molecule has 4 nitrogen and oxygen atoms in total. The molecule has 2 rings (SSSR count). The Morgan fingerprint density at radius 3 is 2.81 bits per heavy atom. The fourth-order valence-electron chi connectivity index (χ4n) is 2.77. The van der Waals surface area contributed by atoms with Crippen molar-refractivity contribution in [2.24, 2.45) is 0 Å². The quantitative estimate of drug-likeness (QED) is 0.750. The number of amides is 1. The molecule has 0 aromatic carbocycles. The van der Waals surface area contributed by atoms with Crippen molar-refractivity contribution in [1.82, 2.24) is 15.1 Å². The van der Waals surface area contributed by atoms with Crippen molar-refractivity contribution >= 4 is 5.91 Å². The summed E-state index contributed by atoms with van der Waals surface area (Å²) in [7, 11) is 3.98. The second-order valence-corrected chi connectivity index (χ2v) is 5.15. The van der Waals surface area contributed by atoms with Crippen LogP contribution in [0.3, 0.4) is 0 Å². The molecule has 2 aliphatic heterocycles. The molecular formula is C12H23N3O. The van der Waals surface area contributed by atoms with Crippen LogP contribution in [0, 0.1) is 0 Å². The van der Waals surface area contributed by atoms with Gasteiger partial charge in [0.1, 0.15) is 0 Å². The van der Waals surface area contributed by atoms with Crippen LogP contribution in [-0.4, -0.2) is 61.5 Å². The molecule has 0 spiro atoms. The van der Waals surface area contributed by atoms with E-state index in [0.717, 1.165) is 26.1 Å². The monoisotopic (exact) mass is 225 g/mol. The molecule has 0 aromatic rings. The first kappa shape index (κ1) is 11.9. The molecule has 0 aliphatic carbocycles. The second-order valence-electron chi connectivity index (χ2n) is 5.15. The zero-order valence-corrected chi connectivity index (χ0v) is 10.4. The van der Waals surface area contributed by atoms with E-state index in [4.69, 9.17) is 0 Å². The molecule has 4 heteroatoms. The molecule has 2 saturated heterocycles. The molecular weight excluding hydrogens is 202 g/mol. The lowest BCUT2D eigenvalue weighted by molar-refractivity contribution is -0.130. The van der Waals surface area contributed by atoms with Crippen molar-refractivity contribution in [1.29, 1.82) is 0 Å². The summed E-state index contributed by atoms with van der Waals surface area (Å²) in [6.07, 6.45) is 4.86. The summed E-state index contributed by atoms with van der Waals surface area (Å²) in [5.41, 5.74) is 0. The maximum Gasteiger partial charge on any atom is 0.239 e. The molecule has 0 aromatic heterocycles. The summed E-state index contributed by atoms with van der Waals surface area (Å²) >= 11 is 0. The fourth-order valence-corrected chi connectivity index (χ4v) is 2.77. The van der Waals surface area contributed by atoms with Crippen LogP contribution < -0.4 is 5.32 Å². The summed E-state index contributed by atoms with van der Waals surface area (Å²) in [6.45, 7) is 3.05. The van der Waals surface area contributed by atoms with Gasteiger partial charge in [-0.05, 0) is 32.9 Å². The number of rotatable bonds is 3. The Kier molecular flexibility index (Phi) is 3.82. The first-order valence-corrected chi connectivity index (χ1v) is 6.37. The Morgan fingerprint density at radius 2 is 2.25 bits per heavy atom. The van der Waals surface area contributed by atoms with E-state index in [1.165, 1.54) is 19.3 Å². The highest BCUT2D eigenvalue weighted by Gasteiger charge is 2.32. The van der Waals surface area contributed by atoms with Crippen molar-refractivity contribution in [2.45, 2.75) is 37.8 Å². The van der Waals surface area contributed by atoms with Gasteiger partial charge in [0.15, 0.2) is 0 Å². The zero-order chi connectivity index (χ0) is 11.5. The van der Waals surface area contributed by atoms with Gasteiger partial charge in [0.25, 0.3) is 0 Å². The largest absolute Gasteiger partial charge is 0.344 e. The van der Waals surface area contributed by atoms with Gasteiger partial charge in [-0.2, -0.15) is 0 Å². The number of carbonyl (C=O) groups is 1. The molecule has 0 radical (unpaired) electrons. The number of hydrogen-bond acceptors (Lipinski definition) is 3. The summed E-state index contributed by atoms with van der Waals surface area (Å²) in [5, 5.41) is 3.53. The van der Waals surface area contributed by atoms with E-state index >= 15 is 0 Å². The third kappa shape index (κ3) is 2.55. The van der Waals surface area contributed by atoms with E-state index < -0.39 is 0 Å². The highest BCUT2D eigenvalue weighted by atomic mass is 16.2. The molecule has 1 N–H and O–H groups in total. The Balaban J connectivity index is 1.82. The van der Waals surface area contributed by atoms with E-state index in [2.05, 4.69) is 17.3 Å². The minimum atomic E-state index is 0.119. The van der Waals surface area contributed by atoms with E-state index in [0.29, 0.717) is 11.9 Å². The van der Waals surface area contributed by atoms with Gasteiger partial charge in [-0.25, -0.2) is 0 Å². The number of nitrogens with zero attached hydrogens (tertiary/aromatic N) is 2. The van der Waals surface area contributed by atoms with Crippen LogP contribution >= 0.6 is 0 Å². The highest BCUT2D eigenvalue weighted by molar-refractivity contribution is 5.83. The van der Waals surface area contributed by atoms with Gasteiger partial charge in [-0.1, -0.05) is 6.42 Å². The van der Waals surface area contributed by atoms with Crippen molar-refractivity contribution in [3.63, 3.8) is 0 Å². The van der Waals surface area contributed by atoms with Crippen LogP contribution in [0.2, 0.25) is 0 Å². The number of nitrogens with one attached hydrogen (secondary N) is 1. The minimum Gasteiger partial charge on any atom is -0.344 e. The van der Waals surface area contributed by atoms with Gasteiger partial charge in [0.05, 0.1) is 6.04 Å². The van der Waals surface area contributed by atoms with Crippen molar-refractivity contribution in [3.8, 4) is 0 Å². The van der Waals surface area contributed by atoms with Gasteiger partial charge >= 0.3 is 0 Å². The molecule has 92 valence electrons. The number of likely N-dealkylation sites (tertiary alicyclic amines) is 1. The average Bonchev–Trinajstić information content (AvgIpc) is 2.61. The van der Waals surface area contributed by atoms with Crippen LogP contribution in [0.1, 0.15) is 25.7 Å². The zero-order valence-electron chi connectivity index (χ0n) is 10.4. The summed E-state index contributed by atoms with van der Waals surface area (Å²) < 4.78 is 0. The Bertz CT molecular complexity index is 251. The van der Waals surface area contributed by atoms with E-state index in [-0.39, 0.29) is 6.04 Å². The standard InChI is InChI=1S/C12H23N3O/c1-14-8-6-11(12(14)16)15(2)9-10-5-3-4-7-13-10/h10-11,13H,3-9H2,1-2H3. The normalized spacial score (nSPS) is 31.4. The first-order chi connectivity index (χ1) is 7.68. The number of likely N-dealkylation sites (N-methyl/N-ethyl adjacent to an activating group) is 2. The van der Waals surface area contributed by atoms with Gasteiger partial charge in [-0.15, -0.1) is 0 Å². The van der Waals surface area contributed by atoms with Crippen LogP contribution in [0.15, 0.2) is 0 Å². The molecule has 2 aliphatic rings. The molecule has 0 bridgehead atoms. The van der Waals surface area contributed by atoms with Crippen molar-refractivity contribution in [2.75, 3.05) is 33.7 Å². The molecule has 16 heavy (non-hydrogen) atoms. The third-order valence-corrected chi connectivity index (χ3v) is 3.85. The maximum atomic E-state index is 11.9. The molecule has 1 amide bonds. The second kappa shape index (κ2) is 5.15. The fraction of sp³-hybridized carbons (Fsp3) is 0.917. The van der Waals surface area contributed by atoms with Crippen molar-refractivity contribution in [3.05, 3.63) is 0 Å². The van der Waals surface area contributed by atoms with Gasteiger partial charge in [-0.3, -0.25) is 9.69 Å². The molecule has 2 fully saturated rings. The Morgan fingerprint density at radius 1 is 1.44 bits per heavy atom. The topological polar surface area (TPSA) is 35.6 Å². The Labute approximate surface area is 98.0 Å². The van der Waals surface area contributed by atoms with Crippen molar-refractivity contribution < 1.29 is 4.79 Å². The third-order valence-electron chi connectivity index (χ3n) is 3.85. The molecule has 2 atom stereocenters. The summed E-state index contributed by atoms with van der Waals surface area (Å²) in [4.78, 5) is 15.9. The van der Waals surface area contributed by atoms with Crippen LogP contribution in [0.4, 0.5) is 0 Å². The highest BCUT2D eigenvalue weighted by Crippen LogP contribution is 2.16. The number of piperidine rings is 1. The lowest BCUT2D eigenvalue weighted by Gasteiger charge is -2.30. The number of carbonyl (C=O) groups excluding carboxylic acids is 1. The van der Waals surface area contributed by atoms with E-state index in [9.17, 15) is 4.79 Å². The van der Waals surface area contributed by atoms with Crippen LogP contribution in [0.25, 0.3) is 0 Å². The average molecular weight is 225 g/mol. The molecule has 0 saturated carbocycles. The predicted molar refractivity (Wildman–Crippen MR) is 64.3 cm³/mol. The summed E-state index contributed by atoms with van der Waals surface area (Å²) in [6, 6.07) is 0.700. The smallest absolute Gasteiger partial charge is 0.239 e. The Hall–Kier alpha value is -0.610. The lowest BCUT2D eigenvalue weighted by Crippen LogP contribution is -2.47. The van der Waals surface area contributed by atoms with Gasteiger partial charge < -0.3 is 10.2 Å². The number of hydrogen-bond donors (Lipinski definition) is 1. The lowest BCUT2D eigenvalue weighted by atomic mass is 10.0. The van der Waals surface area contributed by atoms with Gasteiger partial charge in [0.2, 0.25) is 5.91 Å².